The molecule has 2 aromatic carbocycles. The molecule has 1 aliphatic heterocycles. The van der Waals surface area contributed by atoms with Crippen molar-refractivity contribution >= 4 is 0 Å². The molecule has 0 amide bonds. The number of methoxy groups -OCH3 is 3. The summed E-state index contributed by atoms with van der Waals surface area (Å²) in [5.74, 6) is 2.22. The lowest BCUT2D eigenvalue weighted by Crippen LogP contribution is -2.41. The second-order valence-electron chi connectivity index (χ2n) is 7.97. The first-order valence-corrected chi connectivity index (χ1v) is 10.9. The first kappa shape index (κ1) is 22.2. The van der Waals surface area contributed by atoms with E-state index in [4.69, 9.17) is 18.6 Å². The van der Waals surface area contributed by atoms with Crippen LogP contribution in [0.2, 0.25) is 0 Å². The normalized spacial score (nSPS) is 15.0. The number of rotatable bonds is 9. The van der Waals surface area contributed by atoms with Gasteiger partial charge in [-0.05, 0) is 43.6 Å². The molecular formula is C25H31N3O4. The van der Waals surface area contributed by atoms with Crippen molar-refractivity contribution in [2.45, 2.75) is 32.0 Å². The molecule has 0 aliphatic carbocycles. The summed E-state index contributed by atoms with van der Waals surface area (Å²) in [7, 11) is 4.77. The van der Waals surface area contributed by atoms with Crippen LogP contribution >= 0.6 is 0 Å². The molecule has 0 bridgehead atoms. The van der Waals surface area contributed by atoms with Gasteiger partial charge in [0.05, 0.1) is 27.0 Å². The predicted octanol–water partition coefficient (Wildman–Crippen LogP) is 4.12. The van der Waals surface area contributed by atoms with Gasteiger partial charge in [0.2, 0.25) is 11.6 Å². The number of oxazole rings is 1. The average Bonchev–Trinajstić information content (AvgIpc) is 3.32. The Balaban J connectivity index is 1.32. The monoisotopic (exact) mass is 437 g/mol. The van der Waals surface area contributed by atoms with Gasteiger partial charge in [-0.1, -0.05) is 30.3 Å². The van der Waals surface area contributed by atoms with Gasteiger partial charge in [0.15, 0.2) is 11.5 Å². The molecule has 0 atom stereocenters. The fourth-order valence-corrected chi connectivity index (χ4v) is 4.11. The number of likely N-dealkylation sites (tertiary alicyclic amines) is 1. The molecule has 1 N–H and O–H groups in total. The first-order valence-electron chi connectivity index (χ1n) is 10.9. The molecule has 1 saturated heterocycles. The van der Waals surface area contributed by atoms with E-state index in [1.54, 1.807) is 27.6 Å². The molecule has 1 aromatic heterocycles. The molecule has 1 fully saturated rings. The van der Waals surface area contributed by atoms with Crippen molar-refractivity contribution in [3.05, 3.63) is 60.0 Å². The Morgan fingerprint density at radius 3 is 2.31 bits per heavy atom. The number of hydrogen-bond acceptors (Lipinski definition) is 7. The number of ether oxygens (including phenoxy) is 3. The van der Waals surface area contributed by atoms with Crippen LogP contribution in [0.3, 0.4) is 0 Å². The minimum atomic E-state index is 0.489. The zero-order chi connectivity index (χ0) is 22.3. The molecule has 0 spiro atoms. The van der Waals surface area contributed by atoms with Gasteiger partial charge in [0, 0.05) is 24.7 Å². The Morgan fingerprint density at radius 2 is 1.69 bits per heavy atom. The van der Waals surface area contributed by atoms with Crippen molar-refractivity contribution in [3.8, 4) is 28.7 Å². The summed E-state index contributed by atoms with van der Waals surface area (Å²) in [5.41, 5.74) is 3.03. The topological polar surface area (TPSA) is 69.0 Å². The van der Waals surface area contributed by atoms with E-state index in [1.165, 1.54) is 5.56 Å². The molecule has 2 heterocycles. The second kappa shape index (κ2) is 10.5. The van der Waals surface area contributed by atoms with E-state index >= 15 is 0 Å². The third-order valence-corrected chi connectivity index (χ3v) is 5.87. The third kappa shape index (κ3) is 5.23. The standard InChI is InChI=1S/C25H31N3O4/c1-29-22-13-19(14-23(30-2)24(22)31-3)25-27-21(17-32-25)15-26-20-9-11-28(12-10-20)16-18-7-5-4-6-8-18/h4-8,13-14,17,20,26H,9-12,15-16H2,1-3H3. The fraction of sp³-hybridized carbons (Fsp3) is 0.400. The summed E-state index contributed by atoms with van der Waals surface area (Å²) in [6, 6.07) is 14.8. The van der Waals surface area contributed by atoms with E-state index in [0.29, 0.717) is 35.7 Å². The minimum absolute atomic E-state index is 0.489. The Hall–Kier alpha value is -3.03. The van der Waals surface area contributed by atoms with E-state index in [-0.39, 0.29) is 0 Å². The summed E-state index contributed by atoms with van der Waals surface area (Å²) >= 11 is 0. The Morgan fingerprint density at radius 1 is 1.00 bits per heavy atom. The van der Waals surface area contributed by atoms with E-state index in [1.807, 2.05) is 12.1 Å². The van der Waals surface area contributed by atoms with Crippen molar-refractivity contribution < 1.29 is 18.6 Å². The Kier molecular flexibility index (Phi) is 7.29. The summed E-state index contributed by atoms with van der Waals surface area (Å²) in [4.78, 5) is 7.17. The molecule has 0 saturated carbocycles. The van der Waals surface area contributed by atoms with Crippen LogP contribution in [0.1, 0.15) is 24.1 Å². The molecule has 7 heteroatoms. The van der Waals surface area contributed by atoms with Crippen molar-refractivity contribution in [1.82, 2.24) is 15.2 Å². The molecular weight excluding hydrogens is 406 g/mol. The van der Waals surface area contributed by atoms with Crippen LogP contribution in [0.25, 0.3) is 11.5 Å². The maximum absolute atomic E-state index is 5.74. The maximum Gasteiger partial charge on any atom is 0.226 e. The zero-order valence-electron chi connectivity index (χ0n) is 19.0. The maximum atomic E-state index is 5.74. The third-order valence-electron chi connectivity index (χ3n) is 5.87. The Bertz CT molecular complexity index is 972. The lowest BCUT2D eigenvalue weighted by atomic mass is 10.0. The van der Waals surface area contributed by atoms with E-state index in [2.05, 4.69) is 45.5 Å². The number of nitrogens with one attached hydrogen (secondary N) is 1. The molecule has 4 rings (SSSR count). The van der Waals surface area contributed by atoms with Crippen LogP contribution < -0.4 is 19.5 Å². The molecule has 0 unspecified atom stereocenters. The fourth-order valence-electron chi connectivity index (χ4n) is 4.11. The predicted molar refractivity (Wildman–Crippen MR) is 123 cm³/mol. The van der Waals surface area contributed by atoms with Crippen molar-refractivity contribution in [2.24, 2.45) is 0 Å². The van der Waals surface area contributed by atoms with Crippen LogP contribution in [0.5, 0.6) is 17.2 Å². The number of nitrogens with zero attached hydrogens (tertiary/aromatic N) is 2. The average molecular weight is 438 g/mol. The van der Waals surface area contributed by atoms with Gasteiger partial charge < -0.3 is 23.9 Å². The number of benzene rings is 2. The van der Waals surface area contributed by atoms with Crippen LogP contribution in [-0.4, -0.2) is 50.3 Å². The van der Waals surface area contributed by atoms with Crippen molar-refractivity contribution in [1.29, 1.82) is 0 Å². The summed E-state index contributed by atoms with van der Waals surface area (Å²) < 4.78 is 22.0. The molecule has 7 nitrogen and oxygen atoms in total. The second-order valence-corrected chi connectivity index (χ2v) is 7.97. The van der Waals surface area contributed by atoms with E-state index in [0.717, 1.165) is 43.7 Å². The van der Waals surface area contributed by atoms with Gasteiger partial charge in [-0.25, -0.2) is 4.98 Å². The van der Waals surface area contributed by atoms with E-state index < -0.39 is 0 Å². The molecule has 32 heavy (non-hydrogen) atoms. The summed E-state index contributed by atoms with van der Waals surface area (Å²) in [5, 5.41) is 3.63. The quantitative estimate of drug-likeness (QED) is 0.540. The van der Waals surface area contributed by atoms with Crippen LogP contribution in [-0.2, 0) is 13.1 Å². The lowest BCUT2D eigenvalue weighted by Gasteiger charge is -2.32. The van der Waals surface area contributed by atoms with Gasteiger partial charge in [0.25, 0.3) is 0 Å². The SMILES string of the molecule is COc1cc(-c2nc(CNC3CCN(Cc4ccccc4)CC3)co2)cc(OC)c1OC. The molecule has 0 radical (unpaired) electrons. The number of piperidine rings is 1. The smallest absolute Gasteiger partial charge is 0.226 e. The zero-order valence-corrected chi connectivity index (χ0v) is 19.0. The van der Waals surface area contributed by atoms with Crippen molar-refractivity contribution in [2.75, 3.05) is 34.4 Å². The highest BCUT2D eigenvalue weighted by Gasteiger charge is 2.20. The number of aromatic nitrogens is 1. The van der Waals surface area contributed by atoms with Gasteiger partial charge in [0.1, 0.15) is 6.26 Å². The van der Waals surface area contributed by atoms with Gasteiger partial charge >= 0.3 is 0 Å². The molecule has 3 aromatic rings. The first-order chi connectivity index (χ1) is 15.7. The van der Waals surface area contributed by atoms with Crippen LogP contribution in [0.4, 0.5) is 0 Å². The molecule has 170 valence electrons. The van der Waals surface area contributed by atoms with Gasteiger partial charge in [-0.2, -0.15) is 0 Å². The van der Waals surface area contributed by atoms with E-state index in [9.17, 15) is 0 Å². The Labute approximate surface area is 189 Å². The number of hydrogen-bond donors (Lipinski definition) is 1. The highest BCUT2D eigenvalue weighted by molar-refractivity contribution is 5.65. The van der Waals surface area contributed by atoms with Gasteiger partial charge in [-0.3, -0.25) is 4.90 Å². The summed E-state index contributed by atoms with van der Waals surface area (Å²) in [6.45, 7) is 3.90. The summed E-state index contributed by atoms with van der Waals surface area (Å²) in [6.07, 6.45) is 3.96. The van der Waals surface area contributed by atoms with Crippen LogP contribution in [0.15, 0.2) is 53.1 Å². The van der Waals surface area contributed by atoms with Crippen LogP contribution in [0, 0.1) is 0 Å². The van der Waals surface area contributed by atoms with Crippen molar-refractivity contribution in [3.63, 3.8) is 0 Å². The lowest BCUT2D eigenvalue weighted by molar-refractivity contribution is 0.190. The minimum Gasteiger partial charge on any atom is -0.493 e. The largest absolute Gasteiger partial charge is 0.493 e. The van der Waals surface area contributed by atoms with Gasteiger partial charge in [-0.15, -0.1) is 0 Å². The highest BCUT2D eigenvalue weighted by atomic mass is 16.5. The highest BCUT2D eigenvalue weighted by Crippen LogP contribution is 2.40. The molecule has 1 aliphatic rings.